The average Bonchev–Trinajstić information content (AvgIpc) is 2.34. The lowest BCUT2D eigenvalue weighted by atomic mass is 9.93. The topological polar surface area (TPSA) is 37.3 Å². The Morgan fingerprint density at radius 3 is 2.50 bits per heavy atom. The van der Waals surface area contributed by atoms with E-state index in [9.17, 15) is 4.79 Å². The number of unbranched alkanes of at least 4 members (excludes halogenated alkanes) is 2. The highest BCUT2D eigenvalue weighted by atomic mass is 16.4. The molecule has 0 fully saturated rings. The van der Waals surface area contributed by atoms with Crippen LogP contribution in [-0.4, -0.2) is 11.1 Å². The van der Waals surface area contributed by atoms with Crippen LogP contribution in [0.2, 0.25) is 0 Å². The number of carbonyl (C=O) groups is 1. The third-order valence-electron chi connectivity index (χ3n) is 3.09. The molecule has 0 saturated carbocycles. The molecule has 0 spiro atoms. The number of allylic oxidation sites excluding steroid dienone is 4. The largest absolute Gasteiger partial charge is 0.481 e. The highest BCUT2D eigenvalue weighted by Gasteiger charge is 2.11. The quantitative estimate of drug-likeness (QED) is 0.417. The Bertz CT molecular complexity index is 254. The Hall–Kier alpha value is -1.05. The molecule has 0 heterocycles. The molecule has 0 aromatic carbocycles. The Kier molecular flexibility index (Phi) is 11.7. The van der Waals surface area contributed by atoms with Crippen molar-refractivity contribution in [2.45, 2.75) is 65.2 Å². The van der Waals surface area contributed by atoms with Crippen molar-refractivity contribution < 1.29 is 9.90 Å². The zero-order valence-corrected chi connectivity index (χ0v) is 11.9. The van der Waals surface area contributed by atoms with Crippen LogP contribution in [0.1, 0.15) is 65.2 Å². The minimum Gasteiger partial charge on any atom is -0.481 e. The fourth-order valence-corrected chi connectivity index (χ4v) is 2.04. The van der Waals surface area contributed by atoms with Crippen molar-refractivity contribution in [2.75, 3.05) is 0 Å². The molecule has 0 aliphatic carbocycles. The maximum absolute atomic E-state index is 10.8. The van der Waals surface area contributed by atoms with E-state index in [1.54, 1.807) is 0 Å². The van der Waals surface area contributed by atoms with Crippen molar-refractivity contribution >= 4 is 5.97 Å². The Morgan fingerprint density at radius 1 is 1.17 bits per heavy atom. The van der Waals surface area contributed by atoms with Gasteiger partial charge in [-0.15, -0.1) is 0 Å². The first-order valence-corrected chi connectivity index (χ1v) is 7.18. The second-order valence-electron chi connectivity index (χ2n) is 4.81. The number of aliphatic carboxylic acids is 1. The lowest BCUT2D eigenvalue weighted by Gasteiger charge is -2.13. The minimum atomic E-state index is -0.653. The second-order valence-corrected chi connectivity index (χ2v) is 4.81. The third-order valence-corrected chi connectivity index (χ3v) is 3.09. The van der Waals surface area contributed by atoms with Crippen LogP contribution in [0.5, 0.6) is 0 Å². The van der Waals surface area contributed by atoms with E-state index in [2.05, 4.69) is 31.2 Å². The zero-order valence-electron chi connectivity index (χ0n) is 11.9. The van der Waals surface area contributed by atoms with E-state index in [1.807, 2.05) is 6.92 Å². The normalized spacial score (nSPS) is 13.4. The summed E-state index contributed by atoms with van der Waals surface area (Å²) >= 11 is 0. The molecule has 2 nitrogen and oxygen atoms in total. The molecule has 0 aliphatic rings. The van der Waals surface area contributed by atoms with E-state index in [-0.39, 0.29) is 0 Å². The monoisotopic (exact) mass is 252 g/mol. The molecule has 0 aromatic rings. The van der Waals surface area contributed by atoms with Crippen molar-refractivity contribution in [3.8, 4) is 0 Å². The molecule has 0 aromatic heterocycles. The molecule has 0 amide bonds. The number of rotatable bonds is 11. The average molecular weight is 252 g/mol. The van der Waals surface area contributed by atoms with Crippen LogP contribution in [0.15, 0.2) is 24.3 Å². The van der Waals surface area contributed by atoms with Gasteiger partial charge in [0.2, 0.25) is 0 Å². The van der Waals surface area contributed by atoms with Gasteiger partial charge in [-0.1, -0.05) is 44.1 Å². The van der Waals surface area contributed by atoms with Gasteiger partial charge in [0.1, 0.15) is 0 Å². The van der Waals surface area contributed by atoms with E-state index >= 15 is 0 Å². The second kappa shape index (κ2) is 12.4. The van der Waals surface area contributed by atoms with Gasteiger partial charge in [0.25, 0.3) is 0 Å². The molecule has 2 heteroatoms. The first kappa shape index (κ1) is 16.9. The van der Waals surface area contributed by atoms with Gasteiger partial charge in [0, 0.05) is 6.42 Å². The van der Waals surface area contributed by atoms with Crippen molar-refractivity contribution in [1.82, 2.24) is 0 Å². The fourth-order valence-electron chi connectivity index (χ4n) is 2.04. The molecule has 1 atom stereocenters. The van der Waals surface area contributed by atoms with Crippen LogP contribution in [0.25, 0.3) is 0 Å². The van der Waals surface area contributed by atoms with Gasteiger partial charge in [0.05, 0.1) is 0 Å². The van der Waals surface area contributed by atoms with Gasteiger partial charge in [0.15, 0.2) is 0 Å². The summed E-state index contributed by atoms with van der Waals surface area (Å²) in [5.41, 5.74) is 0. The van der Waals surface area contributed by atoms with Gasteiger partial charge in [-0.25, -0.2) is 0 Å². The molecule has 0 bridgehead atoms. The highest BCUT2D eigenvalue weighted by molar-refractivity contribution is 5.66. The molecule has 0 saturated heterocycles. The van der Waals surface area contributed by atoms with Gasteiger partial charge < -0.3 is 5.11 Å². The Labute approximate surface area is 112 Å². The summed E-state index contributed by atoms with van der Waals surface area (Å²) in [6, 6.07) is 0. The number of hydrogen-bond donors (Lipinski definition) is 1. The van der Waals surface area contributed by atoms with E-state index in [4.69, 9.17) is 5.11 Å². The summed E-state index contributed by atoms with van der Waals surface area (Å²) in [6.45, 7) is 4.18. The predicted molar refractivity (Wildman–Crippen MR) is 77.7 cm³/mol. The summed E-state index contributed by atoms with van der Waals surface area (Å²) in [5.74, 6) is -0.286. The highest BCUT2D eigenvalue weighted by Crippen LogP contribution is 2.19. The SMILES string of the molecule is CC=CC/C=C\CCCC(CCCC)CC(=O)O. The smallest absolute Gasteiger partial charge is 0.303 e. The standard InChI is InChI=1S/C16H28O2/c1-3-5-7-8-9-10-11-13-15(12-6-4-2)14-16(17)18/h3,5,8-9,15H,4,6-7,10-14H2,1-2H3,(H,17,18)/b5-3?,9-8-. The van der Waals surface area contributed by atoms with Crippen LogP contribution >= 0.6 is 0 Å². The first-order valence-electron chi connectivity index (χ1n) is 7.18. The van der Waals surface area contributed by atoms with Crippen LogP contribution < -0.4 is 0 Å². The van der Waals surface area contributed by atoms with Gasteiger partial charge in [-0.2, -0.15) is 0 Å². The molecule has 1 N–H and O–H groups in total. The van der Waals surface area contributed by atoms with E-state index in [1.165, 1.54) is 0 Å². The van der Waals surface area contributed by atoms with Crippen LogP contribution in [-0.2, 0) is 4.79 Å². The zero-order chi connectivity index (χ0) is 13.6. The molecule has 104 valence electrons. The van der Waals surface area contributed by atoms with Gasteiger partial charge >= 0.3 is 5.97 Å². The molecular weight excluding hydrogens is 224 g/mol. The van der Waals surface area contributed by atoms with Crippen LogP contribution in [0, 0.1) is 5.92 Å². The Balaban J connectivity index is 3.73. The molecule has 1 unspecified atom stereocenters. The van der Waals surface area contributed by atoms with Crippen molar-refractivity contribution in [3.63, 3.8) is 0 Å². The van der Waals surface area contributed by atoms with Crippen molar-refractivity contribution in [3.05, 3.63) is 24.3 Å². The number of hydrogen-bond acceptors (Lipinski definition) is 1. The van der Waals surface area contributed by atoms with Crippen molar-refractivity contribution in [1.29, 1.82) is 0 Å². The lowest BCUT2D eigenvalue weighted by Crippen LogP contribution is -2.07. The summed E-state index contributed by atoms with van der Waals surface area (Å²) in [5, 5.41) is 8.86. The molecular formula is C16H28O2. The maximum Gasteiger partial charge on any atom is 0.303 e. The minimum absolute atomic E-state index is 0.336. The predicted octanol–water partition coefficient (Wildman–Crippen LogP) is 4.96. The van der Waals surface area contributed by atoms with Crippen molar-refractivity contribution in [2.24, 2.45) is 5.92 Å². The fraction of sp³-hybridized carbons (Fsp3) is 0.688. The van der Waals surface area contributed by atoms with Crippen LogP contribution in [0.3, 0.4) is 0 Å². The number of carboxylic acids is 1. The van der Waals surface area contributed by atoms with E-state index in [0.29, 0.717) is 12.3 Å². The summed E-state index contributed by atoms with van der Waals surface area (Å²) in [4.78, 5) is 10.8. The lowest BCUT2D eigenvalue weighted by molar-refractivity contribution is -0.138. The molecule has 18 heavy (non-hydrogen) atoms. The molecule has 0 aliphatic heterocycles. The maximum atomic E-state index is 10.8. The summed E-state index contributed by atoms with van der Waals surface area (Å²) < 4.78 is 0. The van der Waals surface area contributed by atoms with E-state index in [0.717, 1.165) is 44.9 Å². The van der Waals surface area contributed by atoms with Gasteiger partial charge in [-0.3, -0.25) is 4.79 Å². The summed E-state index contributed by atoms with van der Waals surface area (Å²) in [6.07, 6.45) is 16.5. The molecule has 0 rings (SSSR count). The Morgan fingerprint density at radius 2 is 1.89 bits per heavy atom. The first-order chi connectivity index (χ1) is 8.70. The van der Waals surface area contributed by atoms with Crippen LogP contribution in [0.4, 0.5) is 0 Å². The third kappa shape index (κ3) is 11.4. The molecule has 0 radical (unpaired) electrons. The number of carboxylic acid groups (broad SMARTS) is 1. The van der Waals surface area contributed by atoms with E-state index < -0.39 is 5.97 Å². The summed E-state index contributed by atoms with van der Waals surface area (Å²) in [7, 11) is 0. The van der Waals surface area contributed by atoms with Gasteiger partial charge in [-0.05, 0) is 44.9 Å².